The predicted octanol–water partition coefficient (Wildman–Crippen LogP) is 1.48. The molecule has 0 aromatic heterocycles. The number of nitriles is 1. The Kier molecular flexibility index (Phi) is 4.31. The van der Waals surface area contributed by atoms with Gasteiger partial charge in [0.25, 0.3) is 5.91 Å². The Hall–Kier alpha value is -1.99. The average molecular weight is 371 g/mol. The molecule has 0 aliphatic carbocycles. The number of carbonyl (C=O) groups is 1. The number of hydrogen-bond donors (Lipinski definition) is 0. The van der Waals surface area contributed by atoms with Gasteiger partial charge in [0.15, 0.2) is 15.0 Å². The van der Waals surface area contributed by atoms with E-state index in [1.54, 1.807) is 6.07 Å². The van der Waals surface area contributed by atoms with Gasteiger partial charge in [-0.3, -0.25) is 4.79 Å². The number of rotatable bonds is 2. The Balaban J connectivity index is 2.05. The number of carbonyl (C=O) groups excluding carboxylic acids is 1. The summed E-state index contributed by atoms with van der Waals surface area (Å²) in [5, 5.41) is 8.29. The third kappa shape index (κ3) is 3.14. The van der Waals surface area contributed by atoms with E-state index in [0.29, 0.717) is 6.07 Å². The molecule has 2 aliphatic rings. The highest BCUT2D eigenvalue weighted by Gasteiger charge is 2.50. The second-order valence-corrected chi connectivity index (χ2v) is 8.75. The Bertz CT molecular complexity index is 880. The summed E-state index contributed by atoms with van der Waals surface area (Å²) in [6.07, 6.45) is -0.433. The van der Waals surface area contributed by atoms with Crippen molar-refractivity contribution in [3.05, 3.63) is 29.8 Å². The van der Waals surface area contributed by atoms with E-state index in [4.69, 9.17) is 5.26 Å². The molecule has 6 nitrogen and oxygen atoms in total. The number of sulfone groups is 1. The van der Waals surface area contributed by atoms with Crippen molar-refractivity contribution >= 4 is 38.4 Å². The van der Waals surface area contributed by atoms with Gasteiger partial charge in [-0.2, -0.15) is 10.3 Å². The third-order valence-corrected chi connectivity index (χ3v) is 6.90. The highest BCUT2D eigenvalue weighted by molar-refractivity contribution is 8.16. The summed E-state index contributed by atoms with van der Waals surface area (Å²) in [5.41, 5.74) is -0.0444. The Morgan fingerprint density at radius 3 is 2.83 bits per heavy atom. The number of aliphatic imine (C=N–C) groups is 1. The van der Waals surface area contributed by atoms with Gasteiger partial charge in [0.1, 0.15) is 18.1 Å². The number of thioether (sulfide) groups is 1. The average Bonchev–Trinajstić information content (AvgIpc) is 2.91. The van der Waals surface area contributed by atoms with Gasteiger partial charge in [-0.15, -0.1) is 0 Å². The zero-order chi connectivity index (χ0) is 17.5. The lowest BCUT2D eigenvalue weighted by Crippen LogP contribution is -2.38. The van der Waals surface area contributed by atoms with E-state index in [-0.39, 0.29) is 22.4 Å². The number of hydrogen-bond acceptors (Lipinski definition) is 5. The first-order valence-electron chi connectivity index (χ1n) is 6.90. The number of fused-ring (bicyclic) bond motifs is 1. The monoisotopic (exact) mass is 371 g/mol. The first-order chi connectivity index (χ1) is 11.3. The molecule has 126 valence electrons. The maximum Gasteiger partial charge on any atom is 0.262 e. The SMILES string of the molecule is N#CCC(=O)N=C1SC2CS(=O)(=O)CC2N1c1ccc(F)cc1F. The standard InChI is InChI=1S/C14H11F2N3O3S2/c15-8-1-2-10(9(16)5-8)19-11-6-24(21,22)7-12(11)23-14(19)18-13(20)3-4-17/h1-2,5,11-12H,3,6-7H2. The molecule has 1 aromatic rings. The van der Waals surface area contributed by atoms with Crippen LogP contribution in [-0.2, 0) is 14.6 Å². The van der Waals surface area contributed by atoms with Gasteiger partial charge in [0.05, 0.1) is 29.3 Å². The molecule has 1 amide bonds. The molecule has 3 rings (SSSR count). The van der Waals surface area contributed by atoms with Crippen LogP contribution in [0.4, 0.5) is 14.5 Å². The molecular formula is C14H11F2N3O3S2. The normalized spacial score (nSPS) is 26.4. The largest absolute Gasteiger partial charge is 0.313 e. The van der Waals surface area contributed by atoms with E-state index in [0.717, 1.165) is 17.8 Å². The van der Waals surface area contributed by atoms with Crippen LogP contribution in [0, 0.1) is 23.0 Å². The molecule has 2 aliphatic heterocycles. The number of nitrogens with zero attached hydrogens (tertiary/aromatic N) is 3. The highest BCUT2D eigenvalue weighted by atomic mass is 32.2. The van der Waals surface area contributed by atoms with Crippen molar-refractivity contribution < 1.29 is 22.0 Å². The Morgan fingerprint density at radius 1 is 1.42 bits per heavy atom. The van der Waals surface area contributed by atoms with E-state index in [1.807, 2.05) is 0 Å². The number of anilines is 1. The second kappa shape index (κ2) is 6.14. The third-order valence-electron chi connectivity index (χ3n) is 3.69. The molecule has 24 heavy (non-hydrogen) atoms. The molecular weight excluding hydrogens is 360 g/mol. The molecule has 0 N–H and O–H groups in total. The van der Waals surface area contributed by atoms with Crippen molar-refractivity contribution in [3.8, 4) is 6.07 Å². The van der Waals surface area contributed by atoms with Crippen LogP contribution >= 0.6 is 11.8 Å². The molecule has 1 aromatic carbocycles. The number of amides is 1. The highest BCUT2D eigenvalue weighted by Crippen LogP contribution is 2.41. The molecule has 0 saturated carbocycles. The number of halogens is 2. The van der Waals surface area contributed by atoms with Gasteiger partial charge in [-0.05, 0) is 12.1 Å². The zero-order valence-electron chi connectivity index (χ0n) is 12.1. The fourth-order valence-electron chi connectivity index (χ4n) is 2.74. The van der Waals surface area contributed by atoms with Gasteiger partial charge in [0, 0.05) is 11.3 Å². The summed E-state index contributed by atoms with van der Waals surface area (Å²) >= 11 is 1.06. The van der Waals surface area contributed by atoms with Crippen LogP contribution in [0.15, 0.2) is 23.2 Å². The van der Waals surface area contributed by atoms with Crippen LogP contribution in [0.1, 0.15) is 6.42 Å². The van der Waals surface area contributed by atoms with Gasteiger partial charge < -0.3 is 4.90 Å². The molecule has 10 heteroatoms. The molecule has 0 bridgehead atoms. The van der Waals surface area contributed by atoms with Crippen LogP contribution in [0.25, 0.3) is 0 Å². The molecule has 2 atom stereocenters. The molecule has 2 saturated heterocycles. The fourth-order valence-corrected chi connectivity index (χ4v) is 6.66. The maximum absolute atomic E-state index is 14.2. The smallest absolute Gasteiger partial charge is 0.262 e. The Labute approximate surface area is 141 Å². The van der Waals surface area contributed by atoms with Crippen molar-refractivity contribution in [3.63, 3.8) is 0 Å². The van der Waals surface area contributed by atoms with E-state index in [2.05, 4.69) is 4.99 Å². The fraction of sp³-hybridized carbons (Fsp3) is 0.357. The van der Waals surface area contributed by atoms with Crippen LogP contribution < -0.4 is 4.90 Å². The van der Waals surface area contributed by atoms with Gasteiger partial charge in [0.2, 0.25) is 0 Å². The quantitative estimate of drug-likeness (QED) is 0.782. The topological polar surface area (TPSA) is 90.6 Å². The summed E-state index contributed by atoms with van der Waals surface area (Å²) in [5.74, 6) is -2.64. The summed E-state index contributed by atoms with van der Waals surface area (Å²) in [6.45, 7) is 0. The van der Waals surface area contributed by atoms with Crippen LogP contribution in [0.3, 0.4) is 0 Å². The minimum absolute atomic E-state index is 0.0444. The van der Waals surface area contributed by atoms with Crippen molar-refractivity contribution in [2.75, 3.05) is 16.4 Å². The van der Waals surface area contributed by atoms with E-state index in [9.17, 15) is 22.0 Å². The molecule has 0 radical (unpaired) electrons. The number of benzene rings is 1. The van der Waals surface area contributed by atoms with Crippen molar-refractivity contribution in [2.24, 2.45) is 4.99 Å². The molecule has 2 heterocycles. The lowest BCUT2D eigenvalue weighted by atomic mass is 10.2. The second-order valence-electron chi connectivity index (χ2n) is 5.39. The minimum atomic E-state index is -3.28. The predicted molar refractivity (Wildman–Crippen MR) is 85.3 cm³/mol. The lowest BCUT2D eigenvalue weighted by molar-refractivity contribution is -0.116. The van der Waals surface area contributed by atoms with Gasteiger partial charge in [-0.25, -0.2) is 17.2 Å². The van der Waals surface area contributed by atoms with E-state index >= 15 is 0 Å². The van der Waals surface area contributed by atoms with Crippen LogP contribution in [0.5, 0.6) is 0 Å². The molecule has 2 fully saturated rings. The van der Waals surface area contributed by atoms with Crippen LogP contribution in [-0.4, -0.2) is 42.3 Å². The van der Waals surface area contributed by atoms with Crippen LogP contribution in [0.2, 0.25) is 0 Å². The first-order valence-corrected chi connectivity index (χ1v) is 9.60. The summed E-state index contributed by atoms with van der Waals surface area (Å²) in [7, 11) is -3.28. The summed E-state index contributed by atoms with van der Waals surface area (Å²) in [4.78, 5) is 16.8. The maximum atomic E-state index is 14.2. The van der Waals surface area contributed by atoms with Crippen molar-refractivity contribution in [1.82, 2.24) is 0 Å². The Morgan fingerprint density at radius 2 is 2.17 bits per heavy atom. The molecule has 2 unspecified atom stereocenters. The zero-order valence-corrected chi connectivity index (χ0v) is 13.8. The summed E-state index contributed by atoms with van der Waals surface area (Å²) < 4.78 is 51.0. The number of amidine groups is 1. The van der Waals surface area contributed by atoms with Gasteiger partial charge >= 0.3 is 0 Å². The van der Waals surface area contributed by atoms with Crippen molar-refractivity contribution in [1.29, 1.82) is 5.26 Å². The summed E-state index contributed by atoms with van der Waals surface area (Å²) in [6, 6.07) is 4.00. The first kappa shape index (κ1) is 16.9. The van der Waals surface area contributed by atoms with Crippen molar-refractivity contribution in [2.45, 2.75) is 17.7 Å². The lowest BCUT2D eigenvalue weighted by Gasteiger charge is -2.24. The van der Waals surface area contributed by atoms with Gasteiger partial charge in [-0.1, -0.05) is 11.8 Å². The minimum Gasteiger partial charge on any atom is -0.313 e. The molecule has 0 spiro atoms. The van der Waals surface area contributed by atoms with E-state index < -0.39 is 45.1 Å². The van der Waals surface area contributed by atoms with E-state index in [1.165, 1.54) is 11.0 Å².